The maximum absolute atomic E-state index is 11.9. The van der Waals surface area contributed by atoms with E-state index in [4.69, 9.17) is 21.7 Å². The van der Waals surface area contributed by atoms with Crippen molar-refractivity contribution in [2.75, 3.05) is 20.3 Å². The fourth-order valence-electron chi connectivity index (χ4n) is 2.33. The molecule has 0 heterocycles. The van der Waals surface area contributed by atoms with Crippen molar-refractivity contribution in [3.8, 4) is 0 Å². The summed E-state index contributed by atoms with van der Waals surface area (Å²) in [7, 11) is 1.50. The Balaban J connectivity index is 2.13. The highest BCUT2D eigenvalue weighted by atomic mass is 32.1. The van der Waals surface area contributed by atoms with E-state index in [-0.39, 0.29) is 36.4 Å². The van der Waals surface area contributed by atoms with Gasteiger partial charge in [0.2, 0.25) is 11.8 Å². The number of nitrogens with one attached hydrogen (secondary N) is 3. The molecule has 0 spiro atoms. The Labute approximate surface area is 147 Å². The van der Waals surface area contributed by atoms with Crippen molar-refractivity contribution in [2.45, 2.75) is 44.9 Å². The van der Waals surface area contributed by atoms with Crippen molar-refractivity contribution < 1.29 is 23.9 Å². The van der Waals surface area contributed by atoms with Gasteiger partial charge in [0, 0.05) is 19.4 Å². The second-order valence-corrected chi connectivity index (χ2v) is 5.95. The average molecular weight is 359 g/mol. The van der Waals surface area contributed by atoms with Gasteiger partial charge in [0.05, 0.1) is 13.0 Å². The smallest absolute Gasteiger partial charge is 0.306 e. The molecule has 9 heteroatoms. The van der Waals surface area contributed by atoms with Gasteiger partial charge in [-0.2, -0.15) is 0 Å². The van der Waals surface area contributed by atoms with E-state index < -0.39 is 11.9 Å². The summed E-state index contributed by atoms with van der Waals surface area (Å²) in [4.78, 5) is 34.9. The fraction of sp³-hybridized carbons (Fsp3) is 0.733. The molecule has 1 aliphatic carbocycles. The van der Waals surface area contributed by atoms with Crippen LogP contribution in [-0.4, -0.2) is 43.2 Å². The quantitative estimate of drug-likeness (QED) is 0.264. The zero-order valence-corrected chi connectivity index (χ0v) is 14.7. The van der Waals surface area contributed by atoms with E-state index in [1.807, 2.05) is 0 Å². The zero-order valence-electron chi connectivity index (χ0n) is 13.9. The minimum absolute atomic E-state index is 0.00286. The SMILES string of the molecule is COCCOC(=O)CCC(=O)NC(=S)NNC(=O)C1CCCCC1. The van der Waals surface area contributed by atoms with Gasteiger partial charge in [-0.25, -0.2) is 0 Å². The molecule has 0 saturated heterocycles. The number of carbonyl (C=O) groups excluding carboxylic acids is 3. The average Bonchev–Trinajstić information content (AvgIpc) is 2.59. The number of hydrogen-bond donors (Lipinski definition) is 3. The third kappa shape index (κ3) is 8.78. The highest BCUT2D eigenvalue weighted by Crippen LogP contribution is 2.23. The van der Waals surface area contributed by atoms with Gasteiger partial charge < -0.3 is 14.8 Å². The van der Waals surface area contributed by atoms with E-state index in [1.165, 1.54) is 13.5 Å². The lowest BCUT2D eigenvalue weighted by atomic mass is 9.89. The molecule has 0 aromatic carbocycles. The molecule has 3 N–H and O–H groups in total. The number of ether oxygens (including phenoxy) is 2. The first kappa shape index (κ1) is 20.3. The Bertz CT molecular complexity index is 452. The number of esters is 1. The summed E-state index contributed by atoms with van der Waals surface area (Å²) in [5, 5.41) is 2.39. The number of amides is 2. The summed E-state index contributed by atoms with van der Waals surface area (Å²) in [6, 6.07) is 0. The molecule has 1 aliphatic rings. The van der Waals surface area contributed by atoms with Crippen LogP contribution >= 0.6 is 12.2 Å². The van der Waals surface area contributed by atoms with Crippen molar-refractivity contribution in [3.05, 3.63) is 0 Å². The second kappa shape index (κ2) is 11.7. The van der Waals surface area contributed by atoms with Crippen LogP contribution in [0.4, 0.5) is 0 Å². The molecule has 1 fully saturated rings. The summed E-state index contributed by atoms with van der Waals surface area (Å²) < 4.78 is 9.58. The minimum atomic E-state index is -0.480. The van der Waals surface area contributed by atoms with Gasteiger partial charge in [-0.15, -0.1) is 0 Å². The summed E-state index contributed by atoms with van der Waals surface area (Å²) in [5.74, 6) is -1.03. The molecule has 1 rings (SSSR count). The maximum Gasteiger partial charge on any atom is 0.306 e. The molecule has 0 bridgehead atoms. The van der Waals surface area contributed by atoms with Crippen molar-refractivity contribution in [2.24, 2.45) is 5.92 Å². The largest absolute Gasteiger partial charge is 0.463 e. The number of hydrogen-bond acceptors (Lipinski definition) is 6. The molecule has 2 amide bonds. The van der Waals surface area contributed by atoms with Crippen LogP contribution in [-0.2, 0) is 23.9 Å². The number of thiocarbonyl (C=S) groups is 1. The van der Waals surface area contributed by atoms with E-state index in [9.17, 15) is 14.4 Å². The van der Waals surface area contributed by atoms with Crippen LogP contribution in [0.25, 0.3) is 0 Å². The minimum Gasteiger partial charge on any atom is -0.463 e. The van der Waals surface area contributed by atoms with Crippen LogP contribution in [0.2, 0.25) is 0 Å². The van der Waals surface area contributed by atoms with Crippen LogP contribution < -0.4 is 16.2 Å². The Morgan fingerprint density at radius 3 is 2.42 bits per heavy atom. The number of hydrazine groups is 1. The van der Waals surface area contributed by atoms with Gasteiger partial charge >= 0.3 is 5.97 Å². The molecule has 8 nitrogen and oxygen atoms in total. The number of rotatable bonds is 7. The van der Waals surface area contributed by atoms with Gasteiger partial charge in [-0.3, -0.25) is 25.2 Å². The zero-order chi connectivity index (χ0) is 17.8. The van der Waals surface area contributed by atoms with Gasteiger partial charge in [-0.1, -0.05) is 19.3 Å². The Morgan fingerprint density at radius 2 is 1.75 bits per heavy atom. The molecule has 0 atom stereocenters. The number of carbonyl (C=O) groups is 3. The first-order valence-corrected chi connectivity index (χ1v) is 8.48. The van der Waals surface area contributed by atoms with Crippen molar-refractivity contribution in [1.82, 2.24) is 16.2 Å². The Hall–Kier alpha value is -1.74. The van der Waals surface area contributed by atoms with Crippen molar-refractivity contribution in [3.63, 3.8) is 0 Å². The van der Waals surface area contributed by atoms with Gasteiger partial charge in [0.1, 0.15) is 6.61 Å². The molecule has 1 saturated carbocycles. The fourth-order valence-corrected chi connectivity index (χ4v) is 2.50. The molecule has 0 aromatic heterocycles. The first-order valence-electron chi connectivity index (χ1n) is 8.07. The monoisotopic (exact) mass is 359 g/mol. The van der Waals surface area contributed by atoms with Crippen LogP contribution in [0, 0.1) is 5.92 Å². The topological polar surface area (TPSA) is 106 Å². The summed E-state index contributed by atoms with van der Waals surface area (Å²) >= 11 is 4.93. The lowest BCUT2D eigenvalue weighted by Gasteiger charge is -2.21. The van der Waals surface area contributed by atoms with E-state index >= 15 is 0 Å². The van der Waals surface area contributed by atoms with E-state index in [1.54, 1.807) is 0 Å². The lowest BCUT2D eigenvalue weighted by Crippen LogP contribution is -2.50. The van der Waals surface area contributed by atoms with Crippen LogP contribution in [0.1, 0.15) is 44.9 Å². The van der Waals surface area contributed by atoms with Crippen molar-refractivity contribution in [1.29, 1.82) is 0 Å². The van der Waals surface area contributed by atoms with E-state index in [0.29, 0.717) is 6.61 Å². The van der Waals surface area contributed by atoms with Gasteiger partial charge in [0.15, 0.2) is 5.11 Å². The third-order valence-corrected chi connectivity index (χ3v) is 3.84. The van der Waals surface area contributed by atoms with Crippen LogP contribution in [0.3, 0.4) is 0 Å². The number of methoxy groups -OCH3 is 1. The van der Waals surface area contributed by atoms with Crippen LogP contribution in [0.15, 0.2) is 0 Å². The first-order chi connectivity index (χ1) is 11.5. The predicted octanol–water partition coefficient (Wildman–Crippen LogP) is 0.558. The van der Waals surface area contributed by atoms with Gasteiger partial charge in [0.25, 0.3) is 0 Å². The second-order valence-electron chi connectivity index (χ2n) is 5.54. The Kier molecular flexibility index (Phi) is 9.94. The molecule has 0 radical (unpaired) electrons. The van der Waals surface area contributed by atoms with E-state index in [2.05, 4.69) is 16.2 Å². The van der Waals surface area contributed by atoms with E-state index in [0.717, 1.165) is 25.7 Å². The maximum atomic E-state index is 11.9. The molecule has 24 heavy (non-hydrogen) atoms. The summed E-state index contributed by atoms with van der Waals surface area (Å²) in [5.41, 5.74) is 5.01. The van der Waals surface area contributed by atoms with Gasteiger partial charge in [-0.05, 0) is 25.1 Å². The highest BCUT2D eigenvalue weighted by Gasteiger charge is 2.21. The van der Waals surface area contributed by atoms with Crippen molar-refractivity contribution >= 4 is 35.1 Å². The predicted molar refractivity (Wildman–Crippen MR) is 90.7 cm³/mol. The molecule has 136 valence electrons. The Morgan fingerprint density at radius 1 is 1.04 bits per heavy atom. The molecule has 0 unspecified atom stereocenters. The normalized spacial score (nSPS) is 14.5. The molecule has 0 aromatic rings. The van der Waals surface area contributed by atoms with Crippen LogP contribution in [0.5, 0.6) is 0 Å². The summed E-state index contributed by atoms with van der Waals surface area (Å²) in [6.07, 6.45) is 4.92. The molecular weight excluding hydrogens is 334 g/mol. The highest BCUT2D eigenvalue weighted by molar-refractivity contribution is 7.80. The molecular formula is C15H25N3O5S. The summed E-state index contributed by atoms with van der Waals surface area (Å²) in [6.45, 7) is 0.469. The third-order valence-electron chi connectivity index (χ3n) is 3.63. The molecule has 0 aliphatic heterocycles. The standard InChI is InChI=1S/C15H25N3O5S/c1-22-9-10-23-13(20)8-7-12(19)16-15(24)18-17-14(21)11-5-3-2-4-6-11/h11H,2-10H2,1H3,(H,17,21)(H2,16,18,19,24). The lowest BCUT2D eigenvalue weighted by molar-refractivity contribution is -0.146.